The molecule has 0 spiro atoms. The van der Waals surface area contributed by atoms with Gasteiger partial charge in [0.15, 0.2) is 5.54 Å². The molecule has 1 aromatic carbocycles. The maximum Gasteiger partial charge on any atom is 0.408 e. The largest absolute Gasteiger partial charge is 0.479 e. The minimum absolute atomic E-state index is 0.0829. The first-order valence-corrected chi connectivity index (χ1v) is 5.34. The molecule has 96 valence electrons. The van der Waals surface area contributed by atoms with Crippen molar-refractivity contribution in [3.8, 4) is 0 Å². The molecule has 1 aromatic rings. The first kappa shape index (κ1) is 13.8. The zero-order valence-corrected chi connectivity index (χ0v) is 10.1. The Bertz CT molecular complexity index is 444. The summed E-state index contributed by atoms with van der Waals surface area (Å²) in [5.74, 6) is -1.20. The highest BCUT2D eigenvalue weighted by Gasteiger charge is 2.31. The molecule has 0 aromatic heterocycles. The Labute approximate surface area is 105 Å². The third-order valence-electron chi connectivity index (χ3n) is 2.43. The van der Waals surface area contributed by atoms with Crippen LogP contribution in [-0.4, -0.2) is 22.7 Å². The van der Waals surface area contributed by atoms with Gasteiger partial charge < -0.3 is 15.2 Å². The summed E-state index contributed by atoms with van der Waals surface area (Å²) in [6, 6.07) is 9.10. The van der Waals surface area contributed by atoms with Crippen LogP contribution in [0.4, 0.5) is 4.79 Å². The minimum atomic E-state index is -1.53. The van der Waals surface area contributed by atoms with Crippen molar-refractivity contribution in [2.24, 2.45) is 0 Å². The number of carbonyl (C=O) groups is 2. The van der Waals surface area contributed by atoms with Gasteiger partial charge >= 0.3 is 12.1 Å². The molecule has 1 amide bonds. The van der Waals surface area contributed by atoms with E-state index < -0.39 is 17.6 Å². The summed E-state index contributed by atoms with van der Waals surface area (Å²) in [7, 11) is 0. The highest BCUT2D eigenvalue weighted by Crippen LogP contribution is 2.07. The predicted molar refractivity (Wildman–Crippen MR) is 66.0 cm³/mol. The lowest BCUT2D eigenvalue weighted by atomic mass is 10.0. The van der Waals surface area contributed by atoms with Crippen LogP contribution in [0.3, 0.4) is 0 Å². The van der Waals surface area contributed by atoms with Crippen LogP contribution >= 0.6 is 0 Å². The van der Waals surface area contributed by atoms with E-state index in [4.69, 9.17) is 9.84 Å². The molecular weight excluding hydrogens is 234 g/mol. The second kappa shape index (κ2) is 5.86. The number of hydrogen-bond acceptors (Lipinski definition) is 3. The fourth-order valence-electron chi connectivity index (χ4n) is 1.16. The SMILES string of the molecule is C=C[C@@](C)(NC(=O)OCc1ccccc1)C(=O)O. The van der Waals surface area contributed by atoms with Gasteiger partial charge in [0.1, 0.15) is 6.61 Å². The molecule has 0 unspecified atom stereocenters. The average molecular weight is 249 g/mol. The zero-order chi connectivity index (χ0) is 13.6. The molecule has 18 heavy (non-hydrogen) atoms. The van der Waals surface area contributed by atoms with Gasteiger partial charge in [0.2, 0.25) is 0 Å². The molecular formula is C13H15NO4. The normalized spacial score (nSPS) is 13.2. The lowest BCUT2D eigenvalue weighted by Gasteiger charge is -2.21. The summed E-state index contributed by atoms with van der Waals surface area (Å²) in [6.45, 7) is 4.78. The van der Waals surface area contributed by atoms with E-state index in [2.05, 4.69) is 11.9 Å². The summed E-state index contributed by atoms with van der Waals surface area (Å²) >= 11 is 0. The summed E-state index contributed by atoms with van der Waals surface area (Å²) in [6.07, 6.45) is 0.336. The van der Waals surface area contributed by atoms with Crippen molar-refractivity contribution < 1.29 is 19.4 Å². The molecule has 2 N–H and O–H groups in total. The molecule has 1 rings (SSSR count). The maximum atomic E-state index is 11.5. The monoisotopic (exact) mass is 249 g/mol. The first-order chi connectivity index (χ1) is 8.48. The van der Waals surface area contributed by atoms with Crippen LogP contribution in [0.1, 0.15) is 12.5 Å². The van der Waals surface area contributed by atoms with Crippen LogP contribution in [0, 0.1) is 0 Å². The fourth-order valence-corrected chi connectivity index (χ4v) is 1.16. The smallest absolute Gasteiger partial charge is 0.408 e. The van der Waals surface area contributed by atoms with Gasteiger partial charge in [-0.25, -0.2) is 9.59 Å². The van der Waals surface area contributed by atoms with E-state index in [1.807, 2.05) is 18.2 Å². The summed E-state index contributed by atoms with van der Waals surface area (Å²) in [5.41, 5.74) is -0.711. The lowest BCUT2D eigenvalue weighted by molar-refractivity contribution is -0.141. The first-order valence-electron chi connectivity index (χ1n) is 5.34. The number of nitrogens with one attached hydrogen (secondary N) is 1. The fraction of sp³-hybridized carbons (Fsp3) is 0.231. The van der Waals surface area contributed by atoms with Gasteiger partial charge in [-0.15, -0.1) is 6.58 Å². The zero-order valence-electron chi connectivity index (χ0n) is 10.1. The number of amides is 1. The third-order valence-corrected chi connectivity index (χ3v) is 2.43. The minimum Gasteiger partial charge on any atom is -0.479 e. The second-order valence-corrected chi connectivity index (χ2v) is 3.90. The Morgan fingerprint density at radius 1 is 1.44 bits per heavy atom. The Hall–Kier alpha value is -2.30. The average Bonchev–Trinajstić information content (AvgIpc) is 2.37. The molecule has 5 heteroatoms. The van der Waals surface area contributed by atoms with Crippen molar-refractivity contribution >= 4 is 12.1 Å². The van der Waals surface area contributed by atoms with Gasteiger partial charge in [0, 0.05) is 0 Å². The van der Waals surface area contributed by atoms with Crippen molar-refractivity contribution in [3.05, 3.63) is 48.6 Å². The molecule has 0 heterocycles. The van der Waals surface area contributed by atoms with Gasteiger partial charge in [0.05, 0.1) is 0 Å². The summed E-state index contributed by atoms with van der Waals surface area (Å²) in [5, 5.41) is 11.2. The lowest BCUT2D eigenvalue weighted by Crippen LogP contribution is -2.50. The summed E-state index contributed by atoms with van der Waals surface area (Å²) in [4.78, 5) is 22.4. The quantitative estimate of drug-likeness (QED) is 0.782. The molecule has 0 aliphatic heterocycles. The second-order valence-electron chi connectivity index (χ2n) is 3.90. The molecule has 0 saturated heterocycles. The number of aliphatic carboxylic acids is 1. The Kier molecular flexibility index (Phi) is 4.48. The molecule has 1 atom stereocenters. The molecule has 0 radical (unpaired) electrons. The molecule has 5 nitrogen and oxygen atoms in total. The van der Waals surface area contributed by atoms with Gasteiger partial charge in [-0.05, 0) is 12.5 Å². The van der Waals surface area contributed by atoms with Gasteiger partial charge in [0.25, 0.3) is 0 Å². The Balaban J connectivity index is 2.52. The Morgan fingerprint density at radius 3 is 2.56 bits per heavy atom. The topological polar surface area (TPSA) is 75.6 Å². The molecule has 0 saturated carbocycles. The van der Waals surface area contributed by atoms with Gasteiger partial charge in [-0.2, -0.15) is 0 Å². The highest BCUT2D eigenvalue weighted by molar-refractivity contribution is 5.86. The number of alkyl carbamates (subject to hydrolysis) is 1. The van der Waals surface area contributed by atoms with E-state index in [0.717, 1.165) is 11.6 Å². The standard InChI is InChI=1S/C13H15NO4/c1-3-13(2,11(15)16)14-12(17)18-9-10-7-5-4-6-8-10/h3-8H,1,9H2,2H3,(H,14,17)(H,15,16)/t13-/m1/s1. The van der Waals surface area contributed by atoms with Crippen LogP contribution in [-0.2, 0) is 16.1 Å². The van der Waals surface area contributed by atoms with Crippen molar-refractivity contribution in [2.45, 2.75) is 19.1 Å². The number of carboxylic acid groups (broad SMARTS) is 1. The van der Waals surface area contributed by atoms with Crippen LogP contribution in [0.2, 0.25) is 0 Å². The van der Waals surface area contributed by atoms with Crippen LogP contribution in [0.5, 0.6) is 0 Å². The maximum absolute atomic E-state index is 11.5. The van der Waals surface area contributed by atoms with E-state index in [-0.39, 0.29) is 6.61 Å². The summed E-state index contributed by atoms with van der Waals surface area (Å²) < 4.78 is 4.91. The number of benzene rings is 1. The van der Waals surface area contributed by atoms with E-state index in [0.29, 0.717) is 0 Å². The van der Waals surface area contributed by atoms with Crippen LogP contribution in [0.25, 0.3) is 0 Å². The van der Waals surface area contributed by atoms with Crippen LogP contribution < -0.4 is 5.32 Å². The Morgan fingerprint density at radius 2 is 2.06 bits per heavy atom. The number of ether oxygens (including phenoxy) is 1. The van der Waals surface area contributed by atoms with E-state index >= 15 is 0 Å². The molecule has 0 aliphatic carbocycles. The van der Waals surface area contributed by atoms with Crippen molar-refractivity contribution in [3.63, 3.8) is 0 Å². The van der Waals surface area contributed by atoms with Crippen LogP contribution in [0.15, 0.2) is 43.0 Å². The predicted octanol–water partition coefficient (Wildman–Crippen LogP) is 1.94. The number of hydrogen-bond donors (Lipinski definition) is 2. The highest BCUT2D eigenvalue weighted by atomic mass is 16.5. The van der Waals surface area contributed by atoms with E-state index in [1.165, 1.54) is 6.92 Å². The van der Waals surface area contributed by atoms with E-state index in [9.17, 15) is 9.59 Å². The molecule has 0 fully saturated rings. The van der Waals surface area contributed by atoms with Gasteiger partial charge in [-0.3, -0.25) is 0 Å². The molecule has 0 aliphatic rings. The number of rotatable bonds is 5. The molecule has 0 bridgehead atoms. The number of carboxylic acids is 1. The van der Waals surface area contributed by atoms with Gasteiger partial charge in [-0.1, -0.05) is 36.4 Å². The van der Waals surface area contributed by atoms with Crippen molar-refractivity contribution in [2.75, 3.05) is 0 Å². The third kappa shape index (κ3) is 3.62. The number of carbonyl (C=O) groups excluding carboxylic acids is 1. The van der Waals surface area contributed by atoms with E-state index in [1.54, 1.807) is 12.1 Å². The van der Waals surface area contributed by atoms with Crippen molar-refractivity contribution in [1.29, 1.82) is 0 Å². The van der Waals surface area contributed by atoms with Crippen molar-refractivity contribution in [1.82, 2.24) is 5.32 Å².